The van der Waals surface area contributed by atoms with Crippen molar-refractivity contribution in [3.63, 3.8) is 0 Å². The predicted octanol–water partition coefficient (Wildman–Crippen LogP) is 1.45. The SMILES string of the molecule is [2H]OC(=O)c1cccs1. The van der Waals surface area contributed by atoms with Crippen LogP contribution in [0, 0.1) is 0 Å². The highest BCUT2D eigenvalue weighted by Gasteiger charge is 1.99. The van der Waals surface area contributed by atoms with E-state index >= 15 is 0 Å². The van der Waals surface area contributed by atoms with Gasteiger partial charge >= 0.3 is 5.97 Å². The summed E-state index contributed by atoms with van der Waals surface area (Å²) in [6, 6.07) is 3.35. The maximum Gasteiger partial charge on any atom is 0.345 e. The Morgan fingerprint density at radius 3 is 3.38 bits per heavy atom. The van der Waals surface area contributed by atoms with Gasteiger partial charge in [0.15, 0.2) is 0 Å². The maximum atomic E-state index is 10.5. The summed E-state index contributed by atoms with van der Waals surface area (Å²) in [6.07, 6.45) is 0. The maximum absolute atomic E-state index is 10.5. The van der Waals surface area contributed by atoms with E-state index < -0.39 is 5.97 Å². The molecule has 0 unspecified atom stereocenters. The molecule has 0 saturated heterocycles. The van der Waals surface area contributed by atoms with E-state index in [4.69, 9.17) is 1.43 Å². The first kappa shape index (κ1) is 4.09. The molecule has 0 saturated carbocycles. The highest BCUT2D eigenvalue weighted by atomic mass is 32.1. The van der Waals surface area contributed by atoms with E-state index in [-0.39, 0.29) is 0 Å². The Bertz CT molecular complexity index is 195. The van der Waals surface area contributed by atoms with Gasteiger partial charge in [-0.15, -0.1) is 11.3 Å². The molecule has 0 bridgehead atoms. The fourth-order valence-corrected chi connectivity index (χ4v) is 0.952. The molecule has 1 aromatic rings. The average molecular weight is 129 g/mol. The molecule has 3 heteroatoms. The standard InChI is InChI=1S/C5H4O2S/c6-5(7)4-2-1-3-8-4/h1-3H,(H,6,7)/i/hD. The van der Waals surface area contributed by atoms with Crippen molar-refractivity contribution < 1.29 is 9.90 Å². The monoisotopic (exact) mass is 129 g/mol. The van der Waals surface area contributed by atoms with Crippen molar-refractivity contribution in [3.8, 4) is 0 Å². The second-order valence-corrected chi connectivity index (χ2v) is 2.21. The van der Waals surface area contributed by atoms with Crippen molar-refractivity contribution in [2.45, 2.75) is 0 Å². The van der Waals surface area contributed by atoms with Crippen molar-refractivity contribution in [3.05, 3.63) is 22.4 Å². The van der Waals surface area contributed by atoms with Crippen LogP contribution in [0.1, 0.15) is 9.67 Å². The predicted molar refractivity (Wildman–Crippen MR) is 31.3 cm³/mol. The van der Waals surface area contributed by atoms with Crippen LogP contribution in [0.5, 0.6) is 0 Å². The third-order valence-corrected chi connectivity index (χ3v) is 1.57. The van der Waals surface area contributed by atoms with Crippen LogP contribution in [0.25, 0.3) is 1.43 Å². The van der Waals surface area contributed by atoms with E-state index in [1.54, 1.807) is 17.5 Å². The molecule has 0 aliphatic heterocycles. The number of thiophene rings is 1. The minimum Gasteiger partial charge on any atom is -0.477 e. The normalized spacial score (nSPS) is 10.2. The van der Waals surface area contributed by atoms with Crippen molar-refractivity contribution in [1.29, 1.82) is 1.43 Å². The van der Waals surface area contributed by atoms with Gasteiger partial charge in [0, 0.05) is 0 Å². The molecular formula is C5H4O2S. The Balaban J connectivity index is 2.77. The third kappa shape index (κ3) is 0.869. The largest absolute Gasteiger partial charge is 0.477 e. The average Bonchev–Trinajstić information content (AvgIpc) is 2.37. The van der Waals surface area contributed by atoms with Crippen LogP contribution in [0.3, 0.4) is 0 Å². The van der Waals surface area contributed by atoms with Gasteiger partial charge in [0.2, 0.25) is 0 Å². The summed E-state index contributed by atoms with van der Waals surface area (Å²) in [7, 11) is 0. The second-order valence-electron chi connectivity index (χ2n) is 1.26. The summed E-state index contributed by atoms with van der Waals surface area (Å²) in [5, 5.41) is 5.47. The van der Waals surface area contributed by atoms with E-state index in [0.717, 1.165) is 0 Å². The van der Waals surface area contributed by atoms with Gasteiger partial charge in [-0.3, -0.25) is 0 Å². The van der Waals surface area contributed by atoms with E-state index in [1.807, 2.05) is 0 Å². The minimum absolute atomic E-state index is 0.463. The van der Waals surface area contributed by atoms with Crippen molar-refractivity contribution >= 4 is 17.3 Å². The van der Waals surface area contributed by atoms with E-state index in [1.165, 1.54) is 11.3 Å². The zero-order valence-electron chi connectivity index (χ0n) is 4.96. The minimum atomic E-state index is -0.593. The molecule has 0 radical (unpaired) electrons. The molecule has 1 N–H and O–H groups in total. The van der Waals surface area contributed by atoms with Crippen LogP contribution in [0.4, 0.5) is 0 Å². The van der Waals surface area contributed by atoms with Gasteiger partial charge in [-0.25, -0.2) is 4.79 Å². The van der Waals surface area contributed by atoms with Crippen LogP contribution in [0.2, 0.25) is 0 Å². The second kappa shape index (κ2) is 1.96. The quantitative estimate of drug-likeness (QED) is 0.623. The van der Waals surface area contributed by atoms with Crippen LogP contribution >= 0.6 is 11.3 Å². The Morgan fingerprint density at radius 2 is 2.88 bits per heavy atom. The molecule has 0 fully saturated rings. The summed E-state index contributed by atoms with van der Waals surface area (Å²) in [6.45, 7) is 0. The first-order valence-corrected chi connectivity index (χ1v) is 2.93. The van der Waals surface area contributed by atoms with Gasteiger partial charge in [-0.05, 0) is 11.4 Å². The highest BCUT2D eigenvalue weighted by Crippen LogP contribution is 2.06. The van der Waals surface area contributed by atoms with Gasteiger partial charge < -0.3 is 5.11 Å². The number of carboxylic acids is 1. The summed E-state index contributed by atoms with van der Waals surface area (Å²) < 4.78 is 6.24. The molecule has 2 nitrogen and oxygen atoms in total. The summed E-state index contributed by atoms with van der Waals surface area (Å²) in [5.41, 5.74) is 0. The van der Waals surface area contributed by atoms with Crippen LogP contribution in [0.15, 0.2) is 17.5 Å². The molecule has 1 rings (SSSR count). The molecule has 1 heterocycles. The van der Waals surface area contributed by atoms with Gasteiger partial charge in [-0.2, -0.15) is 0 Å². The van der Waals surface area contributed by atoms with Crippen LogP contribution < -0.4 is 0 Å². The number of hydrogen-bond donors (Lipinski definition) is 1. The Hall–Kier alpha value is -0.830. The molecule has 42 valence electrons. The van der Waals surface area contributed by atoms with E-state index in [0.29, 0.717) is 4.88 Å². The Morgan fingerprint density at radius 1 is 2.00 bits per heavy atom. The Labute approximate surface area is 51.9 Å². The molecule has 0 aromatic carbocycles. The van der Waals surface area contributed by atoms with Gasteiger partial charge in [0.25, 0.3) is 1.43 Å². The third-order valence-electron chi connectivity index (χ3n) is 0.722. The molecule has 0 aliphatic carbocycles. The van der Waals surface area contributed by atoms with E-state index in [2.05, 4.69) is 5.11 Å². The van der Waals surface area contributed by atoms with Crippen LogP contribution in [-0.4, -0.2) is 11.1 Å². The van der Waals surface area contributed by atoms with Crippen molar-refractivity contribution in [1.82, 2.24) is 0 Å². The first-order chi connectivity index (χ1) is 4.34. The molecule has 8 heavy (non-hydrogen) atoms. The highest BCUT2D eigenvalue weighted by molar-refractivity contribution is 7.11. The molecule has 0 aliphatic rings. The topological polar surface area (TPSA) is 37.3 Å². The summed E-state index contributed by atoms with van der Waals surface area (Å²) >= 11 is 1.26. The first-order valence-electron chi connectivity index (χ1n) is 2.46. The molecular weight excluding hydrogens is 124 g/mol. The van der Waals surface area contributed by atoms with Gasteiger partial charge in [0.1, 0.15) is 4.88 Å². The molecule has 0 spiro atoms. The zero-order chi connectivity index (χ0) is 6.69. The van der Waals surface area contributed by atoms with Crippen molar-refractivity contribution in [2.75, 3.05) is 0 Å². The van der Waals surface area contributed by atoms with E-state index in [9.17, 15) is 4.79 Å². The fourth-order valence-electron chi connectivity index (χ4n) is 0.395. The number of rotatable bonds is 1. The lowest BCUT2D eigenvalue weighted by atomic mass is 10.5. The fraction of sp³-hybridized carbons (Fsp3) is 0. The summed E-state index contributed by atoms with van der Waals surface area (Å²) in [4.78, 5) is 10.9. The lowest BCUT2D eigenvalue weighted by Crippen LogP contribution is -1.89. The lowest BCUT2D eigenvalue weighted by Gasteiger charge is -1.78. The molecule has 0 atom stereocenters. The zero-order valence-corrected chi connectivity index (χ0v) is 4.77. The smallest absolute Gasteiger partial charge is 0.345 e. The number of carboxylic acid groups (broad SMARTS) is 1. The molecule has 1 aromatic heterocycles. The lowest BCUT2D eigenvalue weighted by molar-refractivity contribution is 0.0702. The number of hydrogen-bond acceptors (Lipinski definition) is 3. The summed E-state index contributed by atoms with van der Waals surface area (Å²) in [5.74, 6) is -0.593. The van der Waals surface area contributed by atoms with Gasteiger partial charge in [0.05, 0.1) is 0 Å². The number of aromatic carboxylic acids is 1. The molecule has 0 amide bonds. The van der Waals surface area contributed by atoms with Crippen molar-refractivity contribution in [2.24, 2.45) is 0 Å². The van der Waals surface area contributed by atoms with Crippen LogP contribution in [-0.2, 0) is 0 Å². The van der Waals surface area contributed by atoms with Gasteiger partial charge in [-0.1, -0.05) is 6.07 Å². The Kier molecular flexibility index (Phi) is 1.00. The number of carbonyl (C=O) groups is 1.